The van der Waals surface area contributed by atoms with Crippen LogP contribution in [0.5, 0.6) is 0 Å². The Bertz CT molecular complexity index is 358. The van der Waals surface area contributed by atoms with Crippen molar-refractivity contribution in [1.29, 1.82) is 0 Å². The monoisotopic (exact) mass is 236 g/mol. The molecule has 1 aliphatic rings. The van der Waals surface area contributed by atoms with Crippen molar-refractivity contribution in [2.75, 3.05) is 24.7 Å². The van der Waals surface area contributed by atoms with E-state index in [4.69, 9.17) is 0 Å². The number of hydrogen-bond acceptors (Lipinski definition) is 3. The Hall–Kier alpha value is -1.00. The van der Waals surface area contributed by atoms with Crippen LogP contribution in [0, 0.1) is 5.92 Å². The minimum Gasteiger partial charge on any atom is -0.326 e. The minimum absolute atomic E-state index is 0.125. The zero-order valence-corrected chi connectivity index (χ0v) is 10.1. The van der Waals surface area contributed by atoms with Crippen LogP contribution >= 0.6 is 11.8 Å². The van der Waals surface area contributed by atoms with E-state index >= 15 is 0 Å². The van der Waals surface area contributed by atoms with Gasteiger partial charge in [-0.05, 0) is 43.5 Å². The van der Waals surface area contributed by atoms with Crippen LogP contribution in [0.1, 0.15) is 6.42 Å². The second kappa shape index (κ2) is 5.37. The van der Waals surface area contributed by atoms with Crippen LogP contribution in [0.2, 0.25) is 0 Å². The number of hydrogen-bond donors (Lipinski definition) is 2. The van der Waals surface area contributed by atoms with Gasteiger partial charge in [-0.1, -0.05) is 0 Å². The van der Waals surface area contributed by atoms with E-state index in [1.165, 1.54) is 4.90 Å². The normalized spacial score (nSPS) is 19.7. The number of thioether (sulfide) groups is 1. The maximum Gasteiger partial charge on any atom is 0.228 e. The summed E-state index contributed by atoms with van der Waals surface area (Å²) < 4.78 is 0. The third-order valence-corrected chi connectivity index (χ3v) is 3.53. The number of rotatable bonds is 3. The van der Waals surface area contributed by atoms with Gasteiger partial charge in [-0.2, -0.15) is 0 Å². The molecule has 4 heteroatoms. The van der Waals surface area contributed by atoms with Gasteiger partial charge in [0, 0.05) is 17.1 Å². The summed E-state index contributed by atoms with van der Waals surface area (Å²) in [5, 5.41) is 6.14. The van der Waals surface area contributed by atoms with E-state index in [-0.39, 0.29) is 11.8 Å². The summed E-state index contributed by atoms with van der Waals surface area (Å²) in [5.41, 5.74) is 0.884. The molecule has 86 valence electrons. The summed E-state index contributed by atoms with van der Waals surface area (Å²) in [4.78, 5) is 13.0. The van der Waals surface area contributed by atoms with Crippen molar-refractivity contribution in [1.82, 2.24) is 5.32 Å². The Labute approximate surface area is 100.0 Å². The smallest absolute Gasteiger partial charge is 0.228 e. The van der Waals surface area contributed by atoms with E-state index in [1.807, 2.05) is 30.5 Å². The Morgan fingerprint density at radius 3 is 2.75 bits per heavy atom. The summed E-state index contributed by atoms with van der Waals surface area (Å²) >= 11 is 1.70. The van der Waals surface area contributed by atoms with Gasteiger partial charge in [0.25, 0.3) is 0 Å². The van der Waals surface area contributed by atoms with Crippen molar-refractivity contribution >= 4 is 23.4 Å². The average molecular weight is 236 g/mol. The van der Waals surface area contributed by atoms with Crippen molar-refractivity contribution in [2.45, 2.75) is 11.3 Å². The van der Waals surface area contributed by atoms with Gasteiger partial charge >= 0.3 is 0 Å². The number of nitrogens with one attached hydrogen (secondary N) is 2. The number of amides is 1. The molecule has 1 saturated heterocycles. The van der Waals surface area contributed by atoms with E-state index in [1.54, 1.807) is 11.8 Å². The summed E-state index contributed by atoms with van der Waals surface area (Å²) in [7, 11) is 0. The lowest BCUT2D eigenvalue weighted by Crippen LogP contribution is -2.24. The van der Waals surface area contributed by atoms with Crippen molar-refractivity contribution in [2.24, 2.45) is 5.92 Å². The summed E-state index contributed by atoms with van der Waals surface area (Å²) in [6.45, 7) is 1.75. The molecule has 2 N–H and O–H groups in total. The fourth-order valence-corrected chi connectivity index (χ4v) is 2.21. The molecule has 1 fully saturated rings. The van der Waals surface area contributed by atoms with Gasteiger partial charge in [-0.25, -0.2) is 0 Å². The second-order valence-electron chi connectivity index (χ2n) is 3.91. The molecule has 1 aliphatic heterocycles. The van der Waals surface area contributed by atoms with Crippen LogP contribution in [-0.2, 0) is 4.79 Å². The Morgan fingerprint density at radius 2 is 2.19 bits per heavy atom. The highest BCUT2D eigenvalue weighted by Gasteiger charge is 2.22. The largest absolute Gasteiger partial charge is 0.326 e. The van der Waals surface area contributed by atoms with E-state index in [2.05, 4.69) is 10.6 Å². The van der Waals surface area contributed by atoms with Crippen molar-refractivity contribution in [3.8, 4) is 0 Å². The summed E-state index contributed by atoms with van der Waals surface area (Å²) in [6, 6.07) is 7.94. The van der Waals surface area contributed by atoms with Crippen molar-refractivity contribution in [3.05, 3.63) is 24.3 Å². The highest BCUT2D eigenvalue weighted by atomic mass is 32.2. The fourth-order valence-electron chi connectivity index (χ4n) is 1.80. The van der Waals surface area contributed by atoms with Crippen LogP contribution in [0.25, 0.3) is 0 Å². The predicted molar refractivity (Wildman–Crippen MR) is 67.8 cm³/mol. The zero-order chi connectivity index (χ0) is 11.4. The predicted octanol–water partition coefficient (Wildman–Crippen LogP) is 1.96. The molecule has 0 spiro atoms. The van der Waals surface area contributed by atoms with Crippen molar-refractivity contribution in [3.63, 3.8) is 0 Å². The second-order valence-corrected chi connectivity index (χ2v) is 4.79. The van der Waals surface area contributed by atoms with Gasteiger partial charge in [0.05, 0.1) is 5.92 Å². The van der Waals surface area contributed by atoms with E-state index in [0.29, 0.717) is 0 Å². The highest BCUT2D eigenvalue weighted by molar-refractivity contribution is 7.98. The molecule has 2 rings (SSSR count). The van der Waals surface area contributed by atoms with E-state index < -0.39 is 0 Å². The molecular weight excluding hydrogens is 220 g/mol. The Balaban J connectivity index is 1.94. The molecule has 0 saturated carbocycles. The highest BCUT2D eigenvalue weighted by Crippen LogP contribution is 2.18. The van der Waals surface area contributed by atoms with Gasteiger partial charge in [0.15, 0.2) is 0 Å². The zero-order valence-electron chi connectivity index (χ0n) is 9.32. The summed E-state index contributed by atoms with van der Waals surface area (Å²) in [6.07, 6.45) is 2.98. The lowest BCUT2D eigenvalue weighted by Gasteiger charge is -2.09. The Kier molecular flexibility index (Phi) is 3.85. The third-order valence-electron chi connectivity index (χ3n) is 2.79. The van der Waals surface area contributed by atoms with E-state index in [9.17, 15) is 4.79 Å². The molecule has 16 heavy (non-hydrogen) atoms. The first kappa shape index (κ1) is 11.5. The summed E-state index contributed by atoms with van der Waals surface area (Å²) in [5.74, 6) is 0.252. The first-order valence-electron chi connectivity index (χ1n) is 5.45. The molecule has 3 nitrogen and oxygen atoms in total. The van der Waals surface area contributed by atoms with Gasteiger partial charge in [-0.3, -0.25) is 4.79 Å². The number of anilines is 1. The van der Waals surface area contributed by atoms with Crippen LogP contribution in [0.3, 0.4) is 0 Å². The lowest BCUT2D eigenvalue weighted by atomic mass is 10.1. The molecule has 1 aromatic rings. The van der Waals surface area contributed by atoms with Crippen molar-refractivity contribution < 1.29 is 4.79 Å². The van der Waals surface area contributed by atoms with Gasteiger partial charge in [0.2, 0.25) is 5.91 Å². The van der Waals surface area contributed by atoms with Crippen LogP contribution < -0.4 is 10.6 Å². The maximum atomic E-state index is 11.8. The standard InChI is InChI=1S/C12H16N2OS/c1-16-11-4-2-10(3-5-11)14-12(15)9-6-7-13-8-9/h2-5,9,13H,6-8H2,1H3,(H,14,15). The van der Waals surface area contributed by atoms with Crippen LogP contribution in [0.4, 0.5) is 5.69 Å². The molecule has 0 bridgehead atoms. The first-order valence-corrected chi connectivity index (χ1v) is 6.67. The van der Waals surface area contributed by atoms with Gasteiger partial charge in [-0.15, -0.1) is 11.8 Å². The molecule has 1 heterocycles. The molecule has 1 aromatic carbocycles. The molecule has 1 atom stereocenters. The Morgan fingerprint density at radius 1 is 1.44 bits per heavy atom. The van der Waals surface area contributed by atoms with Gasteiger partial charge in [0.1, 0.15) is 0 Å². The molecule has 0 radical (unpaired) electrons. The lowest BCUT2D eigenvalue weighted by molar-refractivity contribution is -0.119. The molecule has 0 aromatic heterocycles. The first-order chi connectivity index (χ1) is 7.79. The van der Waals surface area contributed by atoms with Crippen LogP contribution in [-0.4, -0.2) is 25.3 Å². The molecule has 1 amide bonds. The van der Waals surface area contributed by atoms with E-state index in [0.717, 1.165) is 25.2 Å². The number of carbonyl (C=O) groups is 1. The maximum absolute atomic E-state index is 11.8. The van der Waals surface area contributed by atoms with Gasteiger partial charge < -0.3 is 10.6 Å². The molecule has 1 unspecified atom stereocenters. The fraction of sp³-hybridized carbons (Fsp3) is 0.417. The quantitative estimate of drug-likeness (QED) is 0.788. The third kappa shape index (κ3) is 2.77. The average Bonchev–Trinajstić information content (AvgIpc) is 2.83. The topological polar surface area (TPSA) is 41.1 Å². The SMILES string of the molecule is CSc1ccc(NC(=O)C2CCNC2)cc1. The molecular formula is C12H16N2OS. The number of carbonyl (C=O) groups excluding carboxylic acids is 1. The minimum atomic E-state index is 0.125. The van der Waals surface area contributed by atoms with Crippen LogP contribution in [0.15, 0.2) is 29.2 Å². The number of benzene rings is 1. The molecule has 0 aliphatic carbocycles.